The SMILES string of the molecule is Clc1cc(CNCCCn2cccn2)cc2c1OCO2. The van der Waals surface area contributed by atoms with Gasteiger partial charge in [-0.05, 0) is 36.7 Å². The first-order chi connectivity index (χ1) is 9.83. The smallest absolute Gasteiger partial charge is 0.231 e. The number of aromatic nitrogens is 2. The van der Waals surface area contributed by atoms with Crippen LogP contribution in [0.4, 0.5) is 0 Å². The standard InChI is InChI=1S/C14H16ClN3O2/c15-12-7-11(8-13-14(12)20-10-19-13)9-16-3-1-5-18-6-2-4-17-18/h2,4,6-8,16H,1,3,5,9-10H2. The molecule has 6 heteroatoms. The Labute approximate surface area is 122 Å². The van der Waals surface area contributed by atoms with E-state index in [2.05, 4.69) is 10.4 Å². The summed E-state index contributed by atoms with van der Waals surface area (Å²) in [5.41, 5.74) is 1.10. The van der Waals surface area contributed by atoms with Crippen molar-refractivity contribution in [3.63, 3.8) is 0 Å². The van der Waals surface area contributed by atoms with Gasteiger partial charge in [-0.15, -0.1) is 0 Å². The summed E-state index contributed by atoms with van der Waals surface area (Å²) in [5, 5.41) is 8.16. The average molecular weight is 294 g/mol. The Morgan fingerprint density at radius 3 is 3.15 bits per heavy atom. The van der Waals surface area contributed by atoms with Gasteiger partial charge in [0, 0.05) is 25.5 Å². The predicted octanol–water partition coefficient (Wildman–Crippen LogP) is 2.45. The molecule has 0 saturated carbocycles. The Morgan fingerprint density at radius 1 is 1.35 bits per heavy atom. The van der Waals surface area contributed by atoms with Crippen molar-refractivity contribution in [2.45, 2.75) is 19.5 Å². The van der Waals surface area contributed by atoms with Gasteiger partial charge in [0.05, 0.1) is 5.02 Å². The van der Waals surface area contributed by atoms with Crippen molar-refractivity contribution < 1.29 is 9.47 Å². The van der Waals surface area contributed by atoms with Crippen LogP contribution < -0.4 is 14.8 Å². The number of benzene rings is 1. The lowest BCUT2D eigenvalue weighted by atomic mass is 10.2. The number of nitrogens with one attached hydrogen (secondary N) is 1. The predicted molar refractivity (Wildman–Crippen MR) is 76.1 cm³/mol. The largest absolute Gasteiger partial charge is 0.454 e. The maximum absolute atomic E-state index is 6.14. The molecule has 1 aliphatic rings. The molecular formula is C14H16ClN3O2. The third kappa shape index (κ3) is 3.05. The summed E-state index contributed by atoms with van der Waals surface area (Å²) in [6.45, 7) is 2.85. The molecule has 5 nitrogen and oxygen atoms in total. The molecule has 0 spiro atoms. The zero-order valence-electron chi connectivity index (χ0n) is 11.0. The Kier molecular flexibility index (Phi) is 4.08. The van der Waals surface area contributed by atoms with Gasteiger partial charge >= 0.3 is 0 Å². The van der Waals surface area contributed by atoms with Crippen LogP contribution in [0.3, 0.4) is 0 Å². The Balaban J connectivity index is 1.46. The van der Waals surface area contributed by atoms with Crippen LogP contribution in [-0.2, 0) is 13.1 Å². The minimum atomic E-state index is 0.246. The molecule has 1 N–H and O–H groups in total. The summed E-state index contributed by atoms with van der Waals surface area (Å²) in [7, 11) is 0. The second-order valence-electron chi connectivity index (χ2n) is 4.61. The van der Waals surface area contributed by atoms with Crippen LogP contribution in [0, 0.1) is 0 Å². The van der Waals surface area contributed by atoms with Crippen LogP contribution in [-0.4, -0.2) is 23.1 Å². The molecule has 1 aromatic heterocycles. The zero-order valence-corrected chi connectivity index (χ0v) is 11.8. The molecule has 0 aliphatic carbocycles. The van der Waals surface area contributed by atoms with E-state index in [9.17, 15) is 0 Å². The van der Waals surface area contributed by atoms with E-state index in [-0.39, 0.29) is 6.79 Å². The molecule has 0 amide bonds. The number of nitrogens with zero attached hydrogens (tertiary/aromatic N) is 2. The van der Waals surface area contributed by atoms with Gasteiger partial charge in [-0.1, -0.05) is 11.6 Å². The van der Waals surface area contributed by atoms with Gasteiger partial charge in [-0.25, -0.2) is 0 Å². The molecule has 1 aromatic carbocycles. The number of rotatable bonds is 6. The minimum Gasteiger partial charge on any atom is -0.454 e. The van der Waals surface area contributed by atoms with Gasteiger partial charge in [-0.2, -0.15) is 5.10 Å². The van der Waals surface area contributed by atoms with Crippen LogP contribution >= 0.6 is 11.6 Å². The molecule has 0 bridgehead atoms. The molecule has 0 atom stereocenters. The monoisotopic (exact) mass is 293 g/mol. The lowest BCUT2D eigenvalue weighted by Gasteiger charge is -2.07. The second-order valence-corrected chi connectivity index (χ2v) is 5.02. The van der Waals surface area contributed by atoms with Crippen LogP contribution in [0.25, 0.3) is 0 Å². The first-order valence-corrected chi connectivity index (χ1v) is 6.97. The van der Waals surface area contributed by atoms with Gasteiger partial charge in [0.25, 0.3) is 0 Å². The molecular weight excluding hydrogens is 278 g/mol. The number of hydrogen-bond acceptors (Lipinski definition) is 4. The fourth-order valence-electron chi connectivity index (χ4n) is 2.15. The summed E-state index contributed by atoms with van der Waals surface area (Å²) >= 11 is 6.14. The summed E-state index contributed by atoms with van der Waals surface area (Å²) in [4.78, 5) is 0. The lowest BCUT2D eigenvalue weighted by molar-refractivity contribution is 0.174. The van der Waals surface area contributed by atoms with Gasteiger partial charge in [-0.3, -0.25) is 4.68 Å². The molecule has 0 unspecified atom stereocenters. The van der Waals surface area contributed by atoms with E-state index in [1.165, 1.54) is 0 Å². The number of ether oxygens (including phenoxy) is 2. The summed E-state index contributed by atoms with van der Waals surface area (Å²) in [6, 6.07) is 5.81. The van der Waals surface area contributed by atoms with Crippen molar-refractivity contribution in [3.8, 4) is 11.5 Å². The van der Waals surface area contributed by atoms with E-state index in [4.69, 9.17) is 21.1 Å². The first kappa shape index (κ1) is 13.3. The van der Waals surface area contributed by atoms with Gasteiger partial charge in [0.2, 0.25) is 6.79 Å². The number of halogens is 1. The fourth-order valence-corrected chi connectivity index (χ4v) is 2.44. The molecule has 3 rings (SSSR count). The molecule has 0 fully saturated rings. The van der Waals surface area contributed by atoms with E-state index in [1.54, 1.807) is 6.20 Å². The molecule has 2 aromatic rings. The van der Waals surface area contributed by atoms with E-state index in [0.29, 0.717) is 10.8 Å². The molecule has 2 heterocycles. The Hall–Kier alpha value is -1.72. The first-order valence-electron chi connectivity index (χ1n) is 6.59. The third-order valence-corrected chi connectivity index (χ3v) is 3.40. The van der Waals surface area contributed by atoms with E-state index >= 15 is 0 Å². The van der Waals surface area contributed by atoms with Crippen molar-refractivity contribution in [1.82, 2.24) is 15.1 Å². The van der Waals surface area contributed by atoms with E-state index in [1.807, 2.05) is 29.1 Å². The van der Waals surface area contributed by atoms with Crippen molar-refractivity contribution in [2.75, 3.05) is 13.3 Å². The maximum Gasteiger partial charge on any atom is 0.231 e. The number of fused-ring (bicyclic) bond motifs is 1. The third-order valence-electron chi connectivity index (χ3n) is 3.12. The van der Waals surface area contributed by atoms with Crippen molar-refractivity contribution in [1.29, 1.82) is 0 Å². The van der Waals surface area contributed by atoms with Crippen molar-refractivity contribution >= 4 is 11.6 Å². The fraction of sp³-hybridized carbons (Fsp3) is 0.357. The zero-order chi connectivity index (χ0) is 13.8. The molecule has 106 valence electrons. The number of aryl methyl sites for hydroxylation is 1. The van der Waals surface area contributed by atoms with Gasteiger partial charge < -0.3 is 14.8 Å². The summed E-state index contributed by atoms with van der Waals surface area (Å²) in [6.07, 6.45) is 4.79. The summed E-state index contributed by atoms with van der Waals surface area (Å²) in [5.74, 6) is 1.37. The Morgan fingerprint density at radius 2 is 2.30 bits per heavy atom. The lowest BCUT2D eigenvalue weighted by Crippen LogP contribution is -2.16. The molecule has 0 radical (unpaired) electrons. The van der Waals surface area contributed by atoms with Gasteiger partial charge in [0.1, 0.15) is 0 Å². The highest BCUT2D eigenvalue weighted by molar-refractivity contribution is 6.32. The number of hydrogen-bond donors (Lipinski definition) is 1. The van der Waals surface area contributed by atoms with E-state index in [0.717, 1.165) is 37.4 Å². The molecule has 0 saturated heterocycles. The van der Waals surface area contributed by atoms with Gasteiger partial charge in [0.15, 0.2) is 11.5 Å². The summed E-state index contributed by atoms with van der Waals surface area (Å²) < 4.78 is 12.6. The van der Waals surface area contributed by atoms with Crippen molar-refractivity contribution in [2.24, 2.45) is 0 Å². The topological polar surface area (TPSA) is 48.3 Å². The maximum atomic E-state index is 6.14. The second kappa shape index (κ2) is 6.15. The van der Waals surface area contributed by atoms with Crippen LogP contribution in [0.15, 0.2) is 30.6 Å². The highest BCUT2D eigenvalue weighted by atomic mass is 35.5. The minimum absolute atomic E-state index is 0.246. The van der Waals surface area contributed by atoms with Crippen LogP contribution in [0.1, 0.15) is 12.0 Å². The van der Waals surface area contributed by atoms with Crippen LogP contribution in [0.2, 0.25) is 5.02 Å². The Bertz CT molecular complexity index is 572. The quantitative estimate of drug-likeness (QED) is 0.831. The average Bonchev–Trinajstić information content (AvgIpc) is 3.08. The van der Waals surface area contributed by atoms with Crippen molar-refractivity contribution in [3.05, 3.63) is 41.2 Å². The highest BCUT2D eigenvalue weighted by Gasteiger charge is 2.17. The molecule has 1 aliphatic heterocycles. The van der Waals surface area contributed by atoms with E-state index < -0.39 is 0 Å². The normalized spacial score (nSPS) is 12.8. The molecule has 20 heavy (non-hydrogen) atoms. The van der Waals surface area contributed by atoms with Crippen LogP contribution in [0.5, 0.6) is 11.5 Å². The highest BCUT2D eigenvalue weighted by Crippen LogP contribution is 2.39.